The maximum atomic E-state index is 11.1. The molecule has 0 aromatic carbocycles. The third kappa shape index (κ3) is 2.25. The molecule has 2 rings (SSSR count). The van der Waals surface area contributed by atoms with Gasteiger partial charge >= 0.3 is 11.7 Å². The molecule has 1 heterocycles. The summed E-state index contributed by atoms with van der Waals surface area (Å²) in [6.45, 7) is 4.07. The van der Waals surface area contributed by atoms with Gasteiger partial charge in [-0.15, -0.1) is 0 Å². The van der Waals surface area contributed by atoms with Crippen LogP contribution in [0.5, 0.6) is 0 Å². The Balaban J connectivity index is 2.24. The first kappa shape index (κ1) is 13.3. The van der Waals surface area contributed by atoms with Gasteiger partial charge in [0.2, 0.25) is 5.82 Å². The SMILES string of the molecule is CCn1nc(C)c([N+](=O)[O-])c1NCC1(C(=O)O)CC1. The predicted octanol–water partition coefficient (Wildman–Crippen LogP) is 1.40. The van der Waals surface area contributed by atoms with E-state index in [1.807, 2.05) is 6.92 Å². The molecular weight excluding hydrogens is 252 g/mol. The van der Waals surface area contributed by atoms with Gasteiger partial charge in [-0.25, -0.2) is 4.68 Å². The molecule has 1 aromatic rings. The topological polar surface area (TPSA) is 110 Å². The molecule has 2 N–H and O–H groups in total. The molecular formula is C11H16N4O4. The van der Waals surface area contributed by atoms with E-state index in [1.54, 1.807) is 6.92 Å². The largest absolute Gasteiger partial charge is 0.481 e. The van der Waals surface area contributed by atoms with Crippen molar-refractivity contribution < 1.29 is 14.8 Å². The van der Waals surface area contributed by atoms with Crippen LogP contribution in [0.4, 0.5) is 11.5 Å². The lowest BCUT2D eigenvalue weighted by Gasteiger charge is -2.12. The Morgan fingerprint density at radius 3 is 2.68 bits per heavy atom. The minimum atomic E-state index is -0.859. The van der Waals surface area contributed by atoms with Gasteiger partial charge in [-0.1, -0.05) is 0 Å². The van der Waals surface area contributed by atoms with E-state index in [2.05, 4.69) is 10.4 Å². The Labute approximate surface area is 109 Å². The number of rotatable bonds is 6. The van der Waals surface area contributed by atoms with Crippen molar-refractivity contribution in [2.24, 2.45) is 5.41 Å². The normalized spacial score (nSPS) is 16.1. The summed E-state index contributed by atoms with van der Waals surface area (Å²) in [5.41, 5.74) is -0.525. The second-order valence-corrected chi connectivity index (χ2v) is 4.79. The van der Waals surface area contributed by atoms with Crippen molar-refractivity contribution in [3.8, 4) is 0 Å². The molecule has 0 spiro atoms. The molecule has 1 aliphatic rings. The number of hydrogen-bond donors (Lipinski definition) is 2. The number of carboxylic acid groups (broad SMARTS) is 1. The standard InChI is InChI=1S/C11H16N4O4/c1-3-14-9(8(15(18)19)7(2)13-14)12-6-11(4-5-11)10(16)17/h12H,3-6H2,1-2H3,(H,16,17). The molecule has 0 saturated heterocycles. The molecule has 1 saturated carbocycles. The number of carboxylic acids is 1. The van der Waals surface area contributed by atoms with Crippen LogP contribution in [0.1, 0.15) is 25.5 Å². The third-order valence-electron chi connectivity index (χ3n) is 3.48. The highest BCUT2D eigenvalue weighted by molar-refractivity contribution is 5.78. The average Bonchev–Trinajstić information content (AvgIpc) is 3.05. The van der Waals surface area contributed by atoms with Crippen molar-refractivity contribution >= 4 is 17.5 Å². The number of aromatic nitrogens is 2. The fraction of sp³-hybridized carbons (Fsp3) is 0.636. The number of hydrogen-bond acceptors (Lipinski definition) is 5. The van der Waals surface area contributed by atoms with Crippen molar-refractivity contribution in [1.29, 1.82) is 0 Å². The van der Waals surface area contributed by atoms with E-state index in [0.717, 1.165) is 0 Å². The van der Waals surface area contributed by atoms with Crippen LogP contribution in [-0.4, -0.2) is 32.3 Å². The Hall–Kier alpha value is -2.12. The Bertz CT molecular complexity index is 533. The minimum Gasteiger partial charge on any atom is -0.481 e. The summed E-state index contributed by atoms with van der Waals surface area (Å²) in [7, 11) is 0. The molecule has 19 heavy (non-hydrogen) atoms. The van der Waals surface area contributed by atoms with Gasteiger partial charge in [-0.05, 0) is 26.7 Å². The van der Waals surface area contributed by atoms with Gasteiger partial charge in [-0.2, -0.15) is 5.10 Å². The van der Waals surface area contributed by atoms with E-state index in [4.69, 9.17) is 5.11 Å². The van der Waals surface area contributed by atoms with Crippen molar-refractivity contribution in [2.45, 2.75) is 33.2 Å². The van der Waals surface area contributed by atoms with Crippen LogP contribution < -0.4 is 5.32 Å². The minimum absolute atomic E-state index is 0.0805. The van der Waals surface area contributed by atoms with Gasteiger partial charge in [0.1, 0.15) is 5.69 Å². The zero-order valence-corrected chi connectivity index (χ0v) is 10.8. The third-order valence-corrected chi connectivity index (χ3v) is 3.48. The summed E-state index contributed by atoms with van der Waals surface area (Å²) in [5.74, 6) is -0.570. The van der Waals surface area contributed by atoms with Crippen molar-refractivity contribution in [2.75, 3.05) is 11.9 Å². The zero-order chi connectivity index (χ0) is 14.2. The van der Waals surface area contributed by atoms with Crippen LogP contribution in [0.15, 0.2) is 0 Å². The molecule has 8 nitrogen and oxygen atoms in total. The van der Waals surface area contributed by atoms with Crippen molar-refractivity contribution in [3.05, 3.63) is 15.8 Å². The highest BCUT2D eigenvalue weighted by atomic mass is 16.6. The number of carbonyl (C=O) groups is 1. The quantitative estimate of drug-likeness (QED) is 0.596. The summed E-state index contributed by atoms with van der Waals surface area (Å²) in [5, 5.41) is 27.1. The van der Waals surface area contributed by atoms with Gasteiger partial charge in [0.15, 0.2) is 0 Å². The Morgan fingerprint density at radius 1 is 1.63 bits per heavy atom. The van der Waals surface area contributed by atoms with Crippen LogP contribution >= 0.6 is 0 Å². The lowest BCUT2D eigenvalue weighted by Crippen LogP contribution is -2.25. The summed E-state index contributed by atoms with van der Waals surface area (Å²) in [6.07, 6.45) is 1.20. The summed E-state index contributed by atoms with van der Waals surface area (Å²) >= 11 is 0. The summed E-state index contributed by atoms with van der Waals surface area (Å²) < 4.78 is 1.49. The van der Waals surface area contributed by atoms with Gasteiger partial charge in [-0.3, -0.25) is 14.9 Å². The molecule has 0 unspecified atom stereocenters. The Morgan fingerprint density at radius 2 is 2.26 bits per heavy atom. The maximum absolute atomic E-state index is 11.1. The second-order valence-electron chi connectivity index (χ2n) is 4.79. The zero-order valence-electron chi connectivity index (χ0n) is 10.8. The summed E-state index contributed by atoms with van der Waals surface area (Å²) in [4.78, 5) is 21.6. The lowest BCUT2D eigenvalue weighted by atomic mass is 10.1. The van der Waals surface area contributed by atoms with Gasteiger partial charge in [0.25, 0.3) is 0 Å². The highest BCUT2D eigenvalue weighted by Gasteiger charge is 2.50. The van der Waals surface area contributed by atoms with E-state index in [1.165, 1.54) is 4.68 Å². The fourth-order valence-corrected chi connectivity index (χ4v) is 2.06. The molecule has 1 aromatic heterocycles. The second kappa shape index (κ2) is 4.52. The fourth-order valence-electron chi connectivity index (χ4n) is 2.06. The number of aliphatic carboxylic acids is 1. The first-order chi connectivity index (χ1) is 8.91. The van der Waals surface area contributed by atoms with E-state index in [0.29, 0.717) is 25.1 Å². The summed E-state index contributed by atoms with van der Waals surface area (Å²) in [6, 6.07) is 0. The van der Waals surface area contributed by atoms with Gasteiger partial charge in [0, 0.05) is 13.1 Å². The maximum Gasteiger partial charge on any atom is 0.333 e. The molecule has 0 bridgehead atoms. The molecule has 0 amide bonds. The number of nitrogens with zero attached hydrogens (tertiary/aromatic N) is 3. The van der Waals surface area contributed by atoms with E-state index in [9.17, 15) is 14.9 Å². The monoisotopic (exact) mass is 268 g/mol. The predicted molar refractivity (Wildman–Crippen MR) is 67.1 cm³/mol. The van der Waals surface area contributed by atoms with E-state index >= 15 is 0 Å². The van der Waals surface area contributed by atoms with E-state index in [-0.39, 0.29) is 18.1 Å². The average molecular weight is 268 g/mol. The number of aryl methyl sites for hydroxylation is 2. The molecule has 1 aliphatic carbocycles. The smallest absolute Gasteiger partial charge is 0.333 e. The molecule has 0 atom stereocenters. The van der Waals surface area contributed by atoms with Crippen LogP contribution in [-0.2, 0) is 11.3 Å². The first-order valence-corrected chi connectivity index (χ1v) is 6.10. The number of anilines is 1. The van der Waals surface area contributed by atoms with Crippen LogP contribution in [0.25, 0.3) is 0 Å². The van der Waals surface area contributed by atoms with Crippen LogP contribution in [0, 0.1) is 22.5 Å². The number of nitrogens with one attached hydrogen (secondary N) is 1. The molecule has 104 valence electrons. The van der Waals surface area contributed by atoms with Crippen LogP contribution in [0.2, 0.25) is 0 Å². The van der Waals surface area contributed by atoms with Crippen LogP contribution in [0.3, 0.4) is 0 Å². The van der Waals surface area contributed by atoms with Gasteiger partial charge in [0.05, 0.1) is 10.3 Å². The Kier molecular flexibility index (Phi) is 3.17. The molecule has 0 radical (unpaired) electrons. The first-order valence-electron chi connectivity index (χ1n) is 6.10. The molecule has 0 aliphatic heterocycles. The lowest BCUT2D eigenvalue weighted by molar-refractivity contribution is -0.384. The van der Waals surface area contributed by atoms with E-state index < -0.39 is 16.3 Å². The van der Waals surface area contributed by atoms with Crippen molar-refractivity contribution in [3.63, 3.8) is 0 Å². The van der Waals surface area contributed by atoms with Crippen molar-refractivity contribution in [1.82, 2.24) is 9.78 Å². The molecule has 1 fully saturated rings. The molecule has 8 heteroatoms. The van der Waals surface area contributed by atoms with Gasteiger partial charge < -0.3 is 10.4 Å². The highest BCUT2D eigenvalue weighted by Crippen LogP contribution is 2.46. The number of nitro groups is 1.